The first-order valence-corrected chi connectivity index (χ1v) is 7.91. The molecule has 0 radical (unpaired) electrons. The number of nitrogen functional groups attached to an aromatic ring is 1. The number of carboxylic acid groups (broad SMARTS) is 1. The highest BCUT2D eigenvalue weighted by Crippen LogP contribution is 2.24. The number of carboxylic acids is 1. The number of sulfonamides is 1. The summed E-state index contributed by atoms with van der Waals surface area (Å²) in [6.45, 7) is 3.34. The SMILES string of the molecule is CC(C)N(CCCO)S(=O)(=O)c1ccc(N)cc1C(=O)O. The number of nitrogens with zero attached hydrogens (tertiary/aromatic N) is 1. The van der Waals surface area contributed by atoms with Crippen LogP contribution in [0.4, 0.5) is 5.69 Å². The fourth-order valence-corrected chi connectivity index (χ4v) is 3.79. The second-order valence-electron chi connectivity index (χ2n) is 4.85. The predicted octanol–water partition coefficient (Wildman–Crippen LogP) is 0.749. The average Bonchev–Trinajstić information content (AvgIpc) is 2.37. The van der Waals surface area contributed by atoms with Gasteiger partial charge in [0.05, 0.1) is 10.5 Å². The molecule has 0 heterocycles. The van der Waals surface area contributed by atoms with E-state index in [0.717, 1.165) is 6.07 Å². The van der Waals surface area contributed by atoms with Crippen LogP contribution in [0.2, 0.25) is 0 Å². The van der Waals surface area contributed by atoms with Crippen LogP contribution >= 0.6 is 0 Å². The number of aliphatic hydroxyl groups excluding tert-OH is 1. The first-order valence-electron chi connectivity index (χ1n) is 6.47. The highest BCUT2D eigenvalue weighted by Gasteiger charge is 2.30. The summed E-state index contributed by atoms with van der Waals surface area (Å²) >= 11 is 0. The minimum absolute atomic E-state index is 0.111. The van der Waals surface area contributed by atoms with E-state index >= 15 is 0 Å². The second kappa shape index (κ2) is 6.88. The quantitative estimate of drug-likeness (QED) is 0.638. The Morgan fingerprint density at radius 3 is 2.48 bits per heavy atom. The lowest BCUT2D eigenvalue weighted by molar-refractivity contribution is 0.0692. The van der Waals surface area contributed by atoms with Crippen LogP contribution in [0.25, 0.3) is 0 Å². The van der Waals surface area contributed by atoms with Gasteiger partial charge in [-0.15, -0.1) is 0 Å². The first-order chi connectivity index (χ1) is 9.71. The van der Waals surface area contributed by atoms with E-state index in [0.29, 0.717) is 0 Å². The molecule has 0 aromatic heterocycles. The molecule has 0 saturated heterocycles. The third-order valence-electron chi connectivity index (χ3n) is 2.93. The summed E-state index contributed by atoms with van der Waals surface area (Å²) in [5.74, 6) is -1.35. The minimum atomic E-state index is -3.98. The van der Waals surface area contributed by atoms with E-state index in [1.165, 1.54) is 16.4 Å². The minimum Gasteiger partial charge on any atom is -0.478 e. The highest BCUT2D eigenvalue weighted by atomic mass is 32.2. The molecule has 0 aliphatic heterocycles. The zero-order chi connectivity index (χ0) is 16.2. The van der Waals surface area contributed by atoms with Crippen molar-refractivity contribution in [3.05, 3.63) is 23.8 Å². The van der Waals surface area contributed by atoms with Gasteiger partial charge in [-0.05, 0) is 38.5 Å². The molecule has 8 heteroatoms. The van der Waals surface area contributed by atoms with Crippen molar-refractivity contribution >= 4 is 21.7 Å². The molecule has 4 N–H and O–H groups in total. The van der Waals surface area contributed by atoms with Gasteiger partial charge < -0.3 is 15.9 Å². The fraction of sp³-hybridized carbons (Fsp3) is 0.462. The number of hydrogen-bond donors (Lipinski definition) is 3. The third-order valence-corrected chi connectivity index (χ3v) is 5.07. The van der Waals surface area contributed by atoms with Gasteiger partial charge in [0.15, 0.2) is 0 Å². The van der Waals surface area contributed by atoms with E-state index in [9.17, 15) is 18.3 Å². The molecule has 0 spiro atoms. The molecule has 118 valence electrons. The molecule has 0 aliphatic carbocycles. The Bertz CT molecular complexity index is 613. The van der Waals surface area contributed by atoms with Crippen molar-refractivity contribution in [1.29, 1.82) is 0 Å². The zero-order valence-electron chi connectivity index (χ0n) is 12.0. The Kier molecular flexibility index (Phi) is 5.70. The van der Waals surface area contributed by atoms with Gasteiger partial charge in [-0.1, -0.05) is 0 Å². The Hall–Kier alpha value is -1.64. The van der Waals surface area contributed by atoms with Crippen LogP contribution in [-0.4, -0.2) is 48.1 Å². The molecule has 0 amide bonds. The van der Waals surface area contributed by atoms with E-state index in [1.807, 2.05) is 0 Å². The van der Waals surface area contributed by atoms with Gasteiger partial charge >= 0.3 is 5.97 Å². The lowest BCUT2D eigenvalue weighted by Crippen LogP contribution is -2.38. The third kappa shape index (κ3) is 3.93. The first kappa shape index (κ1) is 17.4. The maximum Gasteiger partial charge on any atom is 0.337 e. The zero-order valence-corrected chi connectivity index (χ0v) is 12.8. The molecular weight excluding hydrogens is 296 g/mol. The van der Waals surface area contributed by atoms with Crippen LogP contribution in [0, 0.1) is 0 Å². The van der Waals surface area contributed by atoms with Gasteiger partial charge in [-0.25, -0.2) is 13.2 Å². The van der Waals surface area contributed by atoms with Gasteiger partial charge in [-0.3, -0.25) is 0 Å². The number of benzene rings is 1. The fourth-order valence-electron chi connectivity index (χ4n) is 1.95. The maximum absolute atomic E-state index is 12.7. The van der Waals surface area contributed by atoms with Gasteiger partial charge in [0, 0.05) is 24.9 Å². The average molecular weight is 316 g/mol. The number of hydrogen-bond acceptors (Lipinski definition) is 5. The van der Waals surface area contributed by atoms with Gasteiger partial charge in [0.25, 0.3) is 0 Å². The molecule has 0 saturated carbocycles. The van der Waals surface area contributed by atoms with Crippen LogP contribution in [0.15, 0.2) is 23.1 Å². The predicted molar refractivity (Wildman–Crippen MR) is 78.5 cm³/mol. The maximum atomic E-state index is 12.7. The number of nitrogens with two attached hydrogens (primary N) is 1. The number of rotatable bonds is 7. The largest absolute Gasteiger partial charge is 0.478 e. The van der Waals surface area contributed by atoms with Crippen molar-refractivity contribution in [3.8, 4) is 0 Å². The van der Waals surface area contributed by atoms with Crippen molar-refractivity contribution in [1.82, 2.24) is 4.31 Å². The van der Waals surface area contributed by atoms with Gasteiger partial charge in [-0.2, -0.15) is 4.31 Å². The van der Waals surface area contributed by atoms with Crippen molar-refractivity contribution < 1.29 is 23.4 Å². The van der Waals surface area contributed by atoms with Crippen LogP contribution < -0.4 is 5.73 Å². The molecule has 1 rings (SSSR count). The van der Waals surface area contributed by atoms with Crippen LogP contribution in [0.1, 0.15) is 30.6 Å². The highest BCUT2D eigenvalue weighted by molar-refractivity contribution is 7.89. The molecule has 21 heavy (non-hydrogen) atoms. The molecule has 1 aromatic rings. The second-order valence-corrected chi connectivity index (χ2v) is 6.71. The molecular formula is C13H20N2O5S. The van der Waals surface area contributed by atoms with Crippen molar-refractivity contribution in [3.63, 3.8) is 0 Å². The molecule has 0 aliphatic rings. The Labute approximate surface area is 124 Å². The molecule has 1 aromatic carbocycles. The van der Waals surface area contributed by atoms with Crippen molar-refractivity contribution in [2.75, 3.05) is 18.9 Å². The molecule has 0 bridgehead atoms. The smallest absolute Gasteiger partial charge is 0.337 e. The number of aliphatic hydroxyl groups is 1. The molecule has 0 unspecified atom stereocenters. The molecule has 0 fully saturated rings. The van der Waals surface area contributed by atoms with E-state index < -0.39 is 16.0 Å². The lowest BCUT2D eigenvalue weighted by atomic mass is 10.2. The Morgan fingerprint density at radius 2 is 2.00 bits per heavy atom. The van der Waals surface area contributed by atoms with Crippen LogP contribution in [-0.2, 0) is 10.0 Å². The summed E-state index contributed by atoms with van der Waals surface area (Å²) in [5.41, 5.74) is 5.34. The van der Waals surface area contributed by atoms with Crippen LogP contribution in [0.3, 0.4) is 0 Å². The molecule has 0 atom stereocenters. The van der Waals surface area contributed by atoms with Crippen molar-refractivity contribution in [2.24, 2.45) is 0 Å². The summed E-state index contributed by atoms with van der Waals surface area (Å²) in [6, 6.07) is 3.31. The standard InChI is InChI=1S/C13H20N2O5S/c1-9(2)15(6-3-7-16)21(19,20)12-5-4-10(14)8-11(12)13(17)18/h4-5,8-9,16H,3,6-7,14H2,1-2H3,(H,17,18). The van der Waals surface area contributed by atoms with E-state index in [-0.39, 0.29) is 41.8 Å². The summed E-state index contributed by atoms with van der Waals surface area (Å²) in [7, 11) is -3.98. The Morgan fingerprint density at radius 1 is 1.38 bits per heavy atom. The monoisotopic (exact) mass is 316 g/mol. The van der Waals surface area contributed by atoms with Crippen molar-refractivity contribution in [2.45, 2.75) is 31.2 Å². The van der Waals surface area contributed by atoms with E-state index in [1.54, 1.807) is 13.8 Å². The lowest BCUT2D eigenvalue weighted by Gasteiger charge is -2.26. The summed E-state index contributed by atoms with van der Waals surface area (Å²) < 4.78 is 26.5. The van der Waals surface area contributed by atoms with Crippen LogP contribution in [0.5, 0.6) is 0 Å². The normalized spacial score (nSPS) is 12.0. The van der Waals surface area contributed by atoms with E-state index in [2.05, 4.69) is 0 Å². The van der Waals surface area contributed by atoms with Gasteiger partial charge in [0.2, 0.25) is 10.0 Å². The number of aromatic carboxylic acids is 1. The van der Waals surface area contributed by atoms with E-state index in [4.69, 9.17) is 10.8 Å². The topological polar surface area (TPSA) is 121 Å². The van der Waals surface area contributed by atoms with Gasteiger partial charge in [0.1, 0.15) is 0 Å². The molecule has 7 nitrogen and oxygen atoms in total. The number of carbonyl (C=O) groups is 1. The Balaban J connectivity index is 3.37. The number of anilines is 1. The summed E-state index contributed by atoms with van der Waals surface area (Å²) in [5, 5.41) is 18.1. The summed E-state index contributed by atoms with van der Waals surface area (Å²) in [6.07, 6.45) is 0.273. The summed E-state index contributed by atoms with van der Waals surface area (Å²) in [4.78, 5) is 11.0.